The van der Waals surface area contributed by atoms with Crippen LogP contribution >= 0.6 is 0 Å². The molecule has 1 heterocycles. The second-order valence-electron chi connectivity index (χ2n) is 5.99. The first-order valence-electron chi connectivity index (χ1n) is 7.36. The third-order valence-corrected chi connectivity index (χ3v) is 4.74. The molecule has 0 spiro atoms. The molecular weight excluding hydrogens is 277 g/mol. The minimum Gasteiger partial charge on any atom is -0.351 e. The molecule has 0 aliphatic heterocycles. The fraction of sp³-hybridized carbons (Fsp3) is 0.500. The van der Waals surface area contributed by atoms with Gasteiger partial charge in [0.2, 0.25) is 0 Å². The summed E-state index contributed by atoms with van der Waals surface area (Å²) >= 11 is 0. The predicted molar refractivity (Wildman–Crippen MR) is 77.1 cm³/mol. The third kappa shape index (κ3) is 2.44. The predicted octanol–water partition coefficient (Wildman–Crippen LogP) is 4.35. The maximum absolute atomic E-state index is 12.9. The zero-order valence-electron chi connectivity index (χ0n) is 11.8. The number of fused-ring (bicyclic) bond motifs is 1. The lowest BCUT2D eigenvalue weighted by atomic mass is 9.68. The van der Waals surface area contributed by atoms with Crippen LogP contribution in [-0.2, 0) is 11.6 Å². The molecule has 21 heavy (non-hydrogen) atoms. The Morgan fingerprint density at radius 3 is 2.48 bits per heavy atom. The van der Waals surface area contributed by atoms with Crippen molar-refractivity contribution in [3.05, 3.63) is 35.5 Å². The van der Waals surface area contributed by atoms with Gasteiger partial charge in [0.05, 0.1) is 0 Å². The van der Waals surface area contributed by atoms with Crippen LogP contribution in [0.25, 0.3) is 10.9 Å². The molecule has 3 N–H and O–H groups in total. The molecule has 5 heteroatoms. The summed E-state index contributed by atoms with van der Waals surface area (Å²) < 4.78 is 38.8. The van der Waals surface area contributed by atoms with Crippen molar-refractivity contribution in [3.63, 3.8) is 0 Å². The molecule has 0 amide bonds. The lowest BCUT2D eigenvalue weighted by Gasteiger charge is -2.37. The van der Waals surface area contributed by atoms with E-state index in [2.05, 4.69) is 4.98 Å². The van der Waals surface area contributed by atoms with Crippen LogP contribution in [0.4, 0.5) is 13.2 Å². The van der Waals surface area contributed by atoms with Crippen molar-refractivity contribution < 1.29 is 13.2 Å². The smallest absolute Gasteiger partial charge is 0.351 e. The minimum atomic E-state index is -4.35. The number of benzene rings is 1. The Kier molecular flexibility index (Phi) is 3.48. The molecule has 0 bridgehead atoms. The molecule has 1 saturated carbocycles. The zero-order chi connectivity index (χ0) is 15.1. The summed E-state index contributed by atoms with van der Waals surface area (Å²) in [5, 5.41) is 0.664. The highest BCUT2D eigenvalue weighted by Crippen LogP contribution is 2.42. The Morgan fingerprint density at radius 1 is 1.14 bits per heavy atom. The summed E-state index contributed by atoms with van der Waals surface area (Å²) in [6.07, 6.45) is 0.913. The Hall–Kier alpha value is -1.49. The van der Waals surface area contributed by atoms with Gasteiger partial charge in [0, 0.05) is 22.9 Å². The average molecular weight is 296 g/mol. The monoisotopic (exact) mass is 296 g/mol. The second kappa shape index (κ2) is 5.05. The molecule has 2 nitrogen and oxygen atoms in total. The maximum atomic E-state index is 12.9. The highest BCUT2D eigenvalue weighted by atomic mass is 19.4. The fourth-order valence-electron chi connectivity index (χ4n) is 3.58. The van der Waals surface area contributed by atoms with E-state index in [0.29, 0.717) is 17.4 Å². The molecule has 1 aromatic carbocycles. The van der Waals surface area contributed by atoms with Gasteiger partial charge in [-0.1, -0.05) is 31.4 Å². The standard InChI is InChI=1S/C16H19F3N2/c17-16(18,19)14-9-11-12(5-4-6-13(11)21-14)15(10-20)7-2-1-3-8-15/h4-6,9,21H,1-3,7-8,10,20H2. The first-order valence-corrected chi connectivity index (χ1v) is 7.36. The van der Waals surface area contributed by atoms with E-state index in [9.17, 15) is 13.2 Å². The summed E-state index contributed by atoms with van der Waals surface area (Å²) in [7, 11) is 0. The van der Waals surface area contributed by atoms with Crippen LogP contribution in [0.1, 0.15) is 43.4 Å². The van der Waals surface area contributed by atoms with E-state index in [-0.39, 0.29) is 5.41 Å². The summed E-state index contributed by atoms with van der Waals surface area (Å²) in [4.78, 5) is 2.49. The van der Waals surface area contributed by atoms with E-state index in [1.54, 1.807) is 6.07 Å². The number of halogens is 3. The van der Waals surface area contributed by atoms with E-state index >= 15 is 0 Å². The molecule has 0 atom stereocenters. The summed E-state index contributed by atoms with van der Waals surface area (Å²) in [5.41, 5.74) is 6.66. The quantitative estimate of drug-likeness (QED) is 0.850. The number of H-pyrrole nitrogens is 1. The van der Waals surface area contributed by atoms with Crippen molar-refractivity contribution in [3.8, 4) is 0 Å². The summed E-state index contributed by atoms with van der Waals surface area (Å²) in [6, 6.07) is 6.69. The number of hydrogen-bond acceptors (Lipinski definition) is 1. The molecular formula is C16H19F3N2. The molecule has 2 aromatic rings. The van der Waals surface area contributed by atoms with Crippen molar-refractivity contribution in [1.29, 1.82) is 0 Å². The largest absolute Gasteiger partial charge is 0.431 e. The second-order valence-corrected chi connectivity index (χ2v) is 5.99. The van der Waals surface area contributed by atoms with Gasteiger partial charge >= 0.3 is 6.18 Å². The Morgan fingerprint density at radius 2 is 1.86 bits per heavy atom. The highest BCUT2D eigenvalue weighted by molar-refractivity contribution is 5.85. The topological polar surface area (TPSA) is 41.8 Å². The van der Waals surface area contributed by atoms with Gasteiger partial charge in [0.15, 0.2) is 0 Å². The Bertz CT molecular complexity index is 636. The number of nitrogens with one attached hydrogen (secondary N) is 1. The molecule has 1 aliphatic rings. The molecule has 1 aliphatic carbocycles. The van der Waals surface area contributed by atoms with Gasteiger partial charge in [-0.15, -0.1) is 0 Å². The molecule has 0 saturated heterocycles. The summed E-state index contributed by atoms with van der Waals surface area (Å²) in [6.45, 7) is 0.485. The SMILES string of the molecule is NCC1(c2cccc3[nH]c(C(F)(F)F)cc23)CCCCC1. The van der Waals surface area contributed by atoms with Crippen LogP contribution in [0.5, 0.6) is 0 Å². The van der Waals surface area contributed by atoms with Gasteiger partial charge in [-0.25, -0.2) is 0 Å². The van der Waals surface area contributed by atoms with Crippen molar-refractivity contribution in [2.75, 3.05) is 6.54 Å². The number of aromatic nitrogens is 1. The molecule has 1 aromatic heterocycles. The number of alkyl halides is 3. The molecule has 1 fully saturated rings. The van der Waals surface area contributed by atoms with E-state index in [1.165, 1.54) is 12.5 Å². The van der Waals surface area contributed by atoms with Gasteiger partial charge < -0.3 is 10.7 Å². The molecule has 0 radical (unpaired) electrons. The van der Waals surface area contributed by atoms with Crippen molar-refractivity contribution in [2.45, 2.75) is 43.7 Å². The van der Waals surface area contributed by atoms with Gasteiger partial charge in [-0.05, 0) is 30.5 Å². The highest BCUT2D eigenvalue weighted by Gasteiger charge is 2.36. The van der Waals surface area contributed by atoms with Crippen molar-refractivity contribution in [1.82, 2.24) is 4.98 Å². The van der Waals surface area contributed by atoms with E-state index in [0.717, 1.165) is 31.2 Å². The molecule has 0 unspecified atom stereocenters. The fourth-order valence-corrected chi connectivity index (χ4v) is 3.58. The molecule has 114 valence electrons. The third-order valence-electron chi connectivity index (χ3n) is 4.74. The van der Waals surface area contributed by atoms with Crippen molar-refractivity contribution >= 4 is 10.9 Å². The first-order chi connectivity index (χ1) is 9.96. The van der Waals surface area contributed by atoms with Crippen LogP contribution in [0.3, 0.4) is 0 Å². The van der Waals surface area contributed by atoms with Gasteiger partial charge in [0.1, 0.15) is 5.69 Å². The van der Waals surface area contributed by atoms with E-state index < -0.39 is 11.9 Å². The normalized spacial score (nSPS) is 19.0. The molecule has 3 rings (SSSR count). The van der Waals surface area contributed by atoms with Crippen molar-refractivity contribution in [2.24, 2.45) is 5.73 Å². The van der Waals surface area contributed by atoms with Crippen LogP contribution in [0, 0.1) is 0 Å². The van der Waals surface area contributed by atoms with Gasteiger partial charge in [0.25, 0.3) is 0 Å². The number of aromatic amines is 1. The number of hydrogen-bond donors (Lipinski definition) is 2. The van der Waals surface area contributed by atoms with Crippen LogP contribution in [0.15, 0.2) is 24.3 Å². The summed E-state index contributed by atoms with van der Waals surface area (Å²) in [5.74, 6) is 0. The van der Waals surface area contributed by atoms with Crippen LogP contribution < -0.4 is 5.73 Å². The number of nitrogens with two attached hydrogens (primary N) is 1. The zero-order valence-corrected chi connectivity index (χ0v) is 11.8. The Labute approximate surface area is 121 Å². The van der Waals surface area contributed by atoms with E-state index in [1.807, 2.05) is 12.1 Å². The van der Waals surface area contributed by atoms with Crippen LogP contribution in [0.2, 0.25) is 0 Å². The van der Waals surface area contributed by atoms with Crippen LogP contribution in [-0.4, -0.2) is 11.5 Å². The van der Waals surface area contributed by atoms with E-state index in [4.69, 9.17) is 5.73 Å². The number of rotatable bonds is 2. The Balaban J connectivity index is 2.16. The van der Waals surface area contributed by atoms with Gasteiger partial charge in [-0.3, -0.25) is 0 Å². The first kappa shape index (κ1) is 14.4. The maximum Gasteiger partial charge on any atom is 0.431 e. The average Bonchev–Trinajstić information content (AvgIpc) is 2.92. The van der Waals surface area contributed by atoms with Gasteiger partial charge in [-0.2, -0.15) is 13.2 Å². The lowest BCUT2D eigenvalue weighted by Crippen LogP contribution is -2.37. The lowest BCUT2D eigenvalue weighted by molar-refractivity contribution is -0.140. The minimum absolute atomic E-state index is 0.178.